The number of rotatable bonds is 3. The minimum absolute atomic E-state index is 0.737. The highest BCUT2D eigenvalue weighted by Gasteiger charge is 2.23. The molecule has 0 atom stereocenters. The minimum Gasteiger partial charge on any atom is -0.354 e. The number of aromatic nitrogens is 4. The van der Waals surface area contributed by atoms with Gasteiger partial charge in [-0.15, -0.1) is 0 Å². The number of aryl methyl sites for hydroxylation is 1. The smallest absolute Gasteiger partial charge is 0.0772 e. The summed E-state index contributed by atoms with van der Waals surface area (Å²) in [5, 5.41) is 3.51. The normalized spacial score (nSPS) is 12.3. The molecule has 50 heavy (non-hydrogen) atoms. The molecule has 0 unspecified atom stereocenters. The highest BCUT2D eigenvalue weighted by molar-refractivity contribution is 6.14. The van der Waals surface area contributed by atoms with Crippen LogP contribution in [0, 0.1) is 6.92 Å². The number of hydrogen-bond donors (Lipinski definition) is 2. The van der Waals surface area contributed by atoms with Crippen molar-refractivity contribution in [2.24, 2.45) is 0 Å². The molecule has 0 saturated heterocycles. The monoisotopic (exact) mass is 640 g/mol. The Hall–Kier alpha value is -6.52. The first-order chi connectivity index (χ1) is 24.7. The molecule has 0 spiro atoms. The van der Waals surface area contributed by atoms with Gasteiger partial charge in [-0.1, -0.05) is 115 Å². The molecule has 5 heterocycles. The van der Waals surface area contributed by atoms with Gasteiger partial charge in [0.2, 0.25) is 0 Å². The van der Waals surface area contributed by atoms with Crippen LogP contribution in [0.3, 0.4) is 0 Å². The molecule has 8 bridgehead atoms. The maximum atomic E-state index is 5.56. The fraction of sp³-hybridized carbons (Fsp3) is 0.0435. The Labute approximate surface area is 289 Å². The average molecular weight is 641 g/mol. The Kier molecular flexibility index (Phi) is 6.43. The maximum absolute atomic E-state index is 5.56. The molecule has 2 N–H and O–H groups in total. The second-order valence-corrected chi connectivity index (χ2v) is 13.1. The van der Waals surface area contributed by atoms with Crippen molar-refractivity contribution >= 4 is 55.9 Å². The van der Waals surface area contributed by atoms with Gasteiger partial charge >= 0.3 is 0 Å². The molecule has 0 saturated carbocycles. The summed E-state index contributed by atoms with van der Waals surface area (Å²) in [6.07, 6.45) is 5.07. The van der Waals surface area contributed by atoms with Crippen LogP contribution >= 0.6 is 0 Å². The SMILES string of the molecule is Cc1c2c3nc(c(-c4ccccc4)c4ccc([nH]4)c(-c4ccccc4)c4ccc([nH]4)c(-c4ccccc4)c4nc(c3c3ccccc13)C=C4)C2. The number of H-pyrrole nitrogens is 2. The Morgan fingerprint density at radius 2 is 0.940 bits per heavy atom. The third-order valence-electron chi connectivity index (χ3n) is 10.2. The van der Waals surface area contributed by atoms with Gasteiger partial charge in [-0.25, -0.2) is 4.98 Å². The van der Waals surface area contributed by atoms with Crippen molar-refractivity contribution in [2.45, 2.75) is 13.3 Å². The maximum Gasteiger partial charge on any atom is 0.0772 e. The van der Waals surface area contributed by atoms with Crippen molar-refractivity contribution in [1.82, 2.24) is 19.9 Å². The van der Waals surface area contributed by atoms with Crippen molar-refractivity contribution in [3.63, 3.8) is 0 Å². The first kappa shape index (κ1) is 28.5. The lowest BCUT2D eigenvalue weighted by molar-refractivity contribution is 1.18. The van der Waals surface area contributed by atoms with Gasteiger partial charge in [-0.05, 0) is 81.9 Å². The lowest BCUT2D eigenvalue weighted by Crippen LogP contribution is -1.92. The molecule has 2 aliphatic heterocycles. The molecule has 3 aromatic heterocycles. The van der Waals surface area contributed by atoms with Crippen molar-refractivity contribution in [3.8, 4) is 33.4 Å². The fourth-order valence-corrected chi connectivity index (χ4v) is 7.94. The highest BCUT2D eigenvalue weighted by atomic mass is 14.8. The van der Waals surface area contributed by atoms with Crippen molar-refractivity contribution in [1.29, 1.82) is 0 Å². The number of nitrogens with one attached hydrogen (secondary N) is 2. The first-order valence-electron chi connectivity index (χ1n) is 17.1. The van der Waals surface area contributed by atoms with Gasteiger partial charge in [0.05, 0.1) is 22.6 Å². The van der Waals surface area contributed by atoms with Crippen LogP contribution in [-0.4, -0.2) is 19.9 Å². The molecule has 0 aliphatic carbocycles. The topological polar surface area (TPSA) is 57.4 Å². The number of fused-ring (bicyclic) bond motifs is 10. The van der Waals surface area contributed by atoms with Crippen molar-refractivity contribution in [3.05, 3.63) is 168 Å². The second-order valence-electron chi connectivity index (χ2n) is 13.1. The van der Waals surface area contributed by atoms with E-state index in [0.717, 1.165) is 89.9 Å². The van der Waals surface area contributed by atoms with Gasteiger partial charge < -0.3 is 9.97 Å². The van der Waals surface area contributed by atoms with Crippen molar-refractivity contribution in [2.75, 3.05) is 0 Å². The summed E-state index contributed by atoms with van der Waals surface area (Å²) in [6.45, 7) is 2.25. The predicted molar refractivity (Wildman–Crippen MR) is 209 cm³/mol. The zero-order valence-electron chi connectivity index (χ0n) is 27.5. The van der Waals surface area contributed by atoms with Crippen LogP contribution in [0.4, 0.5) is 0 Å². The summed E-state index contributed by atoms with van der Waals surface area (Å²) in [5.41, 5.74) is 17.2. The molecule has 0 radical (unpaired) electrons. The Morgan fingerprint density at radius 1 is 0.460 bits per heavy atom. The molecule has 4 heteroatoms. The van der Waals surface area contributed by atoms with Crippen LogP contribution in [-0.2, 0) is 6.42 Å². The van der Waals surface area contributed by atoms with Crippen LogP contribution in [0.15, 0.2) is 140 Å². The zero-order valence-corrected chi connectivity index (χ0v) is 27.5. The van der Waals surface area contributed by atoms with Crippen LogP contribution in [0.5, 0.6) is 0 Å². The number of aromatic amines is 2. The molecule has 4 nitrogen and oxygen atoms in total. The molecule has 8 aromatic rings. The van der Waals surface area contributed by atoms with Gasteiger partial charge in [0.25, 0.3) is 0 Å². The van der Waals surface area contributed by atoms with E-state index in [1.807, 2.05) is 0 Å². The Balaban J connectivity index is 1.45. The number of nitrogens with zero attached hydrogens (tertiary/aromatic N) is 2. The average Bonchev–Trinajstić information content (AvgIpc) is 4.00. The first-order valence-corrected chi connectivity index (χ1v) is 17.1. The van der Waals surface area contributed by atoms with E-state index in [1.165, 1.54) is 21.9 Å². The van der Waals surface area contributed by atoms with Crippen LogP contribution in [0.1, 0.15) is 28.2 Å². The second kappa shape index (κ2) is 11.3. The van der Waals surface area contributed by atoms with E-state index in [2.05, 4.69) is 169 Å². The molecule has 10 rings (SSSR count). The van der Waals surface area contributed by atoms with E-state index in [0.29, 0.717) is 0 Å². The van der Waals surface area contributed by atoms with Crippen LogP contribution in [0.2, 0.25) is 0 Å². The lowest BCUT2D eigenvalue weighted by Gasteiger charge is -2.10. The summed E-state index contributed by atoms with van der Waals surface area (Å²) in [5.74, 6) is 0. The van der Waals surface area contributed by atoms with E-state index < -0.39 is 0 Å². The molecule has 0 fully saturated rings. The van der Waals surface area contributed by atoms with E-state index in [1.54, 1.807) is 0 Å². The molecular weight excluding hydrogens is 609 g/mol. The third kappa shape index (κ3) is 4.46. The lowest BCUT2D eigenvalue weighted by atomic mass is 9.93. The summed E-state index contributed by atoms with van der Waals surface area (Å²) >= 11 is 0. The predicted octanol–water partition coefficient (Wildman–Crippen LogP) is 11.7. The van der Waals surface area contributed by atoms with E-state index >= 15 is 0 Å². The van der Waals surface area contributed by atoms with E-state index in [4.69, 9.17) is 9.97 Å². The summed E-state index contributed by atoms with van der Waals surface area (Å²) in [7, 11) is 0. The minimum atomic E-state index is 0.737. The molecule has 5 aromatic carbocycles. The Morgan fingerprint density at radius 3 is 1.56 bits per heavy atom. The largest absolute Gasteiger partial charge is 0.354 e. The van der Waals surface area contributed by atoms with Crippen molar-refractivity contribution < 1.29 is 0 Å². The standard InChI is InChI=1S/C46H32N4/c1-28-32-19-11-12-20-33(32)45-40-26-25-38(49-40)43(30-15-7-3-8-16-30)36-22-21-35(47-36)42(29-13-5-2-6-14-29)37-23-24-39(48-37)44(31-17-9-4-10-18-31)41-27-34(28)46(45)50-41/h2-26,47-48H,27H2,1H3. The Bertz CT molecular complexity index is 2830. The van der Waals surface area contributed by atoms with E-state index in [-0.39, 0.29) is 0 Å². The molecule has 0 amide bonds. The zero-order chi connectivity index (χ0) is 33.2. The molecule has 2 aliphatic rings. The van der Waals surface area contributed by atoms with Crippen LogP contribution in [0.25, 0.3) is 89.3 Å². The highest BCUT2D eigenvalue weighted by Crippen LogP contribution is 2.41. The quantitative estimate of drug-likeness (QED) is 0.202. The summed E-state index contributed by atoms with van der Waals surface area (Å²) < 4.78 is 0. The van der Waals surface area contributed by atoms with E-state index in [9.17, 15) is 0 Å². The number of hydrogen-bond acceptors (Lipinski definition) is 2. The third-order valence-corrected chi connectivity index (χ3v) is 10.2. The van der Waals surface area contributed by atoms with Gasteiger partial charge in [-0.2, -0.15) is 0 Å². The summed E-state index contributed by atoms with van der Waals surface area (Å²) in [4.78, 5) is 18.7. The molecule has 236 valence electrons. The van der Waals surface area contributed by atoms with Gasteiger partial charge in [-0.3, -0.25) is 4.98 Å². The molecular formula is C46H32N4. The van der Waals surface area contributed by atoms with Gasteiger partial charge in [0, 0.05) is 50.6 Å². The fourth-order valence-electron chi connectivity index (χ4n) is 7.94. The summed E-state index contributed by atoms with van der Waals surface area (Å²) in [6, 6.07) is 49.4. The van der Waals surface area contributed by atoms with Gasteiger partial charge in [0.1, 0.15) is 0 Å². The number of benzene rings is 5. The van der Waals surface area contributed by atoms with Gasteiger partial charge in [0.15, 0.2) is 0 Å². The van der Waals surface area contributed by atoms with Crippen LogP contribution < -0.4 is 0 Å².